The second-order valence-corrected chi connectivity index (χ2v) is 11.3. The second-order valence-electron chi connectivity index (χ2n) is 9.80. The highest BCUT2D eigenvalue weighted by Gasteiger charge is 2.30. The van der Waals surface area contributed by atoms with Gasteiger partial charge in [0.1, 0.15) is 21.7 Å². The van der Waals surface area contributed by atoms with E-state index < -0.39 is 5.97 Å². The Morgan fingerprint density at radius 3 is 2.42 bits per heavy atom. The van der Waals surface area contributed by atoms with Crippen LogP contribution in [0.4, 0.5) is 0 Å². The van der Waals surface area contributed by atoms with E-state index in [1.54, 1.807) is 16.7 Å². The number of halogens is 1. The van der Waals surface area contributed by atoms with Gasteiger partial charge in [0, 0.05) is 22.0 Å². The maximum absolute atomic E-state index is 14.6. The quantitative estimate of drug-likeness (QED) is 0.234. The molecule has 8 nitrogen and oxygen atoms in total. The number of esters is 1. The first-order valence-corrected chi connectivity index (χ1v) is 14.4. The van der Waals surface area contributed by atoms with Crippen LogP contribution in [0.3, 0.4) is 0 Å². The summed E-state index contributed by atoms with van der Waals surface area (Å²) in [7, 11) is 1.38. The predicted molar refractivity (Wildman–Crippen MR) is 158 cm³/mol. The number of methoxy groups -OCH3 is 1. The molecule has 0 atom stereocenters. The second kappa shape index (κ2) is 9.53. The number of aromatic nitrogens is 5. The number of hydrogen-bond acceptors (Lipinski definition) is 7. The van der Waals surface area contributed by atoms with Gasteiger partial charge in [0.15, 0.2) is 11.3 Å². The van der Waals surface area contributed by atoms with Crippen molar-refractivity contribution in [3.8, 4) is 10.7 Å². The molecule has 1 aliphatic carbocycles. The van der Waals surface area contributed by atoms with E-state index in [-0.39, 0.29) is 5.56 Å². The van der Waals surface area contributed by atoms with Crippen LogP contribution in [0, 0.1) is 0 Å². The van der Waals surface area contributed by atoms with E-state index >= 15 is 0 Å². The van der Waals surface area contributed by atoms with Crippen molar-refractivity contribution in [3.63, 3.8) is 0 Å². The van der Waals surface area contributed by atoms with Gasteiger partial charge in [0.2, 0.25) is 0 Å². The summed E-state index contributed by atoms with van der Waals surface area (Å²) in [5, 5.41) is 1.52. The van der Waals surface area contributed by atoms with Crippen molar-refractivity contribution in [2.45, 2.75) is 39.0 Å². The van der Waals surface area contributed by atoms with Crippen molar-refractivity contribution >= 4 is 62.1 Å². The normalized spacial score (nSPS) is 13.3. The van der Waals surface area contributed by atoms with Crippen molar-refractivity contribution in [2.75, 3.05) is 7.11 Å². The fraction of sp³-hybridized carbons (Fsp3) is 0.233. The first-order chi connectivity index (χ1) is 19.5. The number of carbonyl (C=O) groups excluding carboxylic acids is 1. The zero-order valence-electron chi connectivity index (χ0n) is 21.9. The Morgan fingerprint density at radius 2 is 1.70 bits per heavy atom. The summed E-state index contributed by atoms with van der Waals surface area (Å²) in [6.45, 7) is 1.95. The lowest BCUT2D eigenvalue weighted by atomic mass is 9.95. The van der Waals surface area contributed by atoms with E-state index in [1.165, 1.54) is 18.4 Å². The summed E-state index contributed by atoms with van der Waals surface area (Å²) in [5.74, 6) is 0.113. The Morgan fingerprint density at radius 1 is 0.975 bits per heavy atom. The molecule has 0 aliphatic heterocycles. The van der Waals surface area contributed by atoms with Gasteiger partial charge in [-0.15, -0.1) is 11.3 Å². The topological polar surface area (TPSA) is 91.9 Å². The molecule has 4 aromatic heterocycles. The van der Waals surface area contributed by atoms with E-state index in [0.29, 0.717) is 61.1 Å². The molecule has 7 rings (SSSR count). The van der Waals surface area contributed by atoms with Crippen LogP contribution in [0.15, 0.2) is 53.3 Å². The fourth-order valence-corrected chi connectivity index (χ4v) is 7.16. The summed E-state index contributed by atoms with van der Waals surface area (Å²) in [5.41, 5.74) is 4.78. The first-order valence-electron chi connectivity index (χ1n) is 13.2. The number of nitrogens with zero attached hydrogens (tertiary/aromatic N) is 5. The minimum Gasteiger partial charge on any atom is -0.465 e. The largest absolute Gasteiger partial charge is 0.465 e. The summed E-state index contributed by atoms with van der Waals surface area (Å²) in [6, 6.07) is 14.9. The molecule has 0 radical (unpaired) electrons. The molecular weight excluding hydrogens is 546 g/mol. The number of ether oxygens (including phenoxy) is 1. The maximum Gasteiger partial charge on any atom is 0.341 e. The van der Waals surface area contributed by atoms with Gasteiger partial charge in [-0.1, -0.05) is 30.7 Å². The van der Waals surface area contributed by atoms with Gasteiger partial charge < -0.3 is 4.74 Å². The minimum absolute atomic E-state index is 0.284. The number of carbonyl (C=O) groups is 1. The SMILES string of the molecule is CCc1nc2c(c(=O)n1-c1sc3c(c1C(=O)OC)CCCC3)c1nc3ccccc3nc1n2-c1ccc(Cl)cc1. The molecule has 2 aromatic carbocycles. The van der Waals surface area contributed by atoms with Gasteiger partial charge in [-0.2, -0.15) is 0 Å². The summed E-state index contributed by atoms with van der Waals surface area (Å²) in [6.07, 6.45) is 4.19. The summed E-state index contributed by atoms with van der Waals surface area (Å²) in [4.78, 5) is 43.7. The van der Waals surface area contributed by atoms with Crippen LogP contribution in [0.2, 0.25) is 5.02 Å². The standard InChI is InChI=1S/C30H24ClN5O3S/c1-3-22-34-26-24(28(37)36(22)29-23(30(38)39-2)18-8-4-7-11-21(18)40-29)25-27(33-20-10-6-5-9-19(20)32-25)35(26)17-14-12-16(31)13-15-17/h5-6,9-10,12-15H,3-4,7-8,11H2,1-2H3. The molecule has 40 heavy (non-hydrogen) atoms. The third-order valence-corrected chi connectivity index (χ3v) is 9.02. The Bertz CT molecular complexity index is 2040. The van der Waals surface area contributed by atoms with Gasteiger partial charge in [0.05, 0.1) is 23.7 Å². The number of thiophene rings is 1. The van der Waals surface area contributed by atoms with Gasteiger partial charge in [-0.3, -0.25) is 13.9 Å². The van der Waals surface area contributed by atoms with Crippen molar-refractivity contribution in [2.24, 2.45) is 0 Å². The van der Waals surface area contributed by atoms with Gasteiger partial charge in [-0.25, -0.2) is 19.7 Å². The Labute approximate surface area is 237 Å². The van der Waals surface area contributed by atoms with E-state index in [2.05, 4.69) is 0 Å². The van der Waals surface area contributed by atoms with Crippen molar-refractivity contribution in [1.29, 1.82) is 0 Å². The summed E-state index contributed by atoms with van der Waals surface area (Å²) < 4.78 is 8.67. The lowest BCUT2D eigenvalue weighted by Gasteiger charge is -2.14. The molecule has 10 heteroatoms. The number of hydrogen-bond donors (Lipinski definition) is 0. The highest BCUT2D eigenvalue weighted by molar-refractivity contribution is 7.15. The lowest BCUT2D eigenvalue weighted by molar-refractivity contribution is 0.0600. The van der Waals surface area contributed by atoms with Crippen molar-refractivity contribution in [1.82, 2.24) is 24.1 Å². The number of aryl methyl sites for hydroxylation is 2. The van der Waals surface area contributed by atoms with E-state index in [4.69, 9.17) is 31.3 Å². The molecule has 0 unspecified atom stereocenters. The van der Waals surface area contributed by atoms with Crippen LogP contribution < -0.4 is 5.56 Å². The summed E-state index contributed by atoms with van der Waals surface area (Å²) >= 11 is 7.69. The smallest absolute Gasteiger partial charge is 0.341 e. The number of rotatable bonds is 4. The molecule has 0 N–H and O–H groups in total. The molecule has 200 valence electrons. The monoisotopic (exact) mass is 569 g/mol. The van der Waals surface area contributed by atoms with Crippen LogP contribution in [0.1, 0.15) is 46.4 Å². The van der Waals surface area contributed by atoms with Crippen LogP contribution in [-0.2, 0) is 24.0 Å². The van der Waals surface area contributed by atoms with Gasteiger partial charge >= 0.3 is 5.97 Å². The average molecular weight is 570 g/mol. The maximum atomic E-state index is 14.6. The van der Waals surface area contributed by atoms with E-state index in [1.807, 2.05) is 47.9 Å². The van der Waals surface area contributed by atoms with Crippen LogP contribution in [0.5, 0.6) is 0 Å². The molecule has 0 amide bonds. The molecule has 0 saturated carbocycles. The third-order valence-electron chi connectivity index (χ3n) is 7.49. The molecule has 0 spiro atoms. The van der Waals surface area contributed by atoms with Crippen LogP contribution in [-0.4, -0.2) is 37.2 Å². The Hall–Kier alpha value is -4.08. The number of para-hydroxylation sites is 2. The lowest BCUT2D eigenvalue weighted by Crippen LogP contribution is -2.25. The van der Waals surface area contributed by atoms with E-state index in [9.17, 15) is 9.59 Å². The minimum atomic E-state index is -0.433. The molecule has 0 bridgehead atoms. The Kier molecular flexibility index (Phi) is 5.94. The van der Waals surface area contributed by atoms with Gasteiger partial charge in [-0.05, 0) is 67.6 Å². The molecule has 4 heterocycles. The predicted octanol–water partition coefficient (Wildman–Crippen LogP) is 6.22. The van der Waals surface area contributed by atoms with Crippen molar-refractivity contribution in [3.05, 3.63) is 85.7 Å². The molecule has 1 aliphatic rings. The fourth-order valence-electron chi connectivity index (χ4n) is 5.64. The van der Waals surface area contributed by atoms with Crippen LogP contribution in [0.25, 0.3) is 43.9 Å². The zero-order valence-corrected chi connectivity index (χ0v) is 23.5. The molecule has 0 fully saturated rings. The highest BCUT2D eigenvalue weighted by atomic mass is 35.5. The molecule has 6 aromatic rings. The van der Waals surface area contributed by atoms with Gasteiger partial charge in [0.25, 0.3) is 5.56 Å². The first kappa shape index (κ1) is 24.9. The molecular formula is C30H24ClN5O3S. The molecule has 0 saturated heterocycles. The van der Waals surface area contributed by atoms with Crippen LogP contribution >= 0.6 is 22.9 Å². The van der Waals surface area contributed by atoms with E-state index in [0.717, 1.165) is 41.8 Å². The third kappa shape index (κ3) is 3.68. The zero-order chi connectivity index (χ0) is 27.5. The Balaban J connectivity index is 1.64. The highest BCUT2D eigenvalue weighted by Crippen LogP contribution is 2.38. The number of benzene rings is 2. The number of fused-ring (bicyclic) bond motifs is 5. The van der Waals surface area contributed by atoms with Crippen molar-refractivity contribution < 1.29 is 9.53 Å². The average Bonchev–Trinajstić information content (AvgIpc) is 3.51.